The van der Waals surface area contributed by atoms with Crippen molar-refractivity contribution in [2.75, 3.05) is 0 Å². The van der Waals surface area contributed by atoms with Crippen LogP contribution in [0.2, 0.25) is 0 Å². The van der Waals surface area contributed by atoms with Gasteiger partial charge in [-0.05, 0) is 29.6 Å². The first-order valence-corrected chi connectivity index (χ1v) is 3.65. The average molecular weight is 110 g/mol. The second-order valence-electron chi connectivity index (χ2n) is 3.95. The predicted molar refractivity (Wildman–Crippen MR) is 34.6 cm³/mol. The summed E-state index contributed by atoms with van der Waals surface area (Å²) in [5.41, 5.74) is 1.61. The molecule has 46 valence electrons. The lowest BCUT2D eigenvalue weighted by Crippen LogP contribution is -2.07. The van der Waals surface area contributed by atoms with Gasteiger partial charge in [-0.2, -0.15) is 0 Å². The number of fused-ring (bicyclic) bond motifs is 1. The molecule has 2 aliphatic carbocycles. The van der Waals surface area contributed by atoms with Crippen LogP contribution >= 0.6 is 0 Å². The highest BCUT2D eigenvalue weighted by atomic mass is 14.9. The molecule has 0 spiro atoms. The Hall–Kier alpha value is 0. The zero-order valence-electron chi connectivity index (χ0n) is 5.99. The van der Waals surface area contributed by atoms with Crippen molar-refractivity contribution in [1.82, 2.24) is 0 Å². The highest BCUT2D eigenvalue weighted by Gasteiger charge is 2.82. The van der Waals surface area contributed by atoms with Crippen molar-refractivity contribution in [3.63, 3.8) is 0 Å². The zero-order valence-corrected chi connectivity index (χ0v) is 5.99. The monoisotopic (exact) mass is 110 g/mol. The van der Waals surface area contributed by atoms with Crippen LogP contribution in [0.25, 0.3) is 0 Å². The van der Waals surface area contributed by atoms with Crippen molar-refractivity contribution in [1.29, 1.82) is 0 Å². The van der Waals surface area contributed by atoms with E-state index >= 15 is 0 Å². The third-order valence-corrected chi connectivity index (χ3v) is 3.96. The van der Waals surface area contributed by atoms with Gasteiger partial charge in [-0.15, -0.1) is 0 Å². The standard InChI is InChI=1S/C8H14/c1-4-7(2)6-5-8(6,7)3/h6H,4-5H2,1-3H3. The summed E-state index contributed by atoms with van der Waals surface area (Å²) in [5.74, 6) is 1.12. The van der Waals surface area contributed by atoms with Gasteiger partial charge in [-0.25, -0.2) is 0 Å². The van der Waals surface area contributed by atoms with Gasteiger partial charge >= 0.3 is 0 Å². The van der Waals surface area contributed by atoms with Crippen molar-refractivity contribution in [2.45, 2.75) is 33.6 Å². The summed E-state index contributed by atoms with van der Waals surface area (Å²) in [7, 11) is 0. The van der Waals surface area contributed by atoms with E-state index in [1.165, 1.54) is 12.8 Å². The Kier molecular flexibility index (Phi) is 0.527. The molecule has 2 aliphatic rings. The lowest BCUT2D eigenvalue weighted by Gasteiger charge is -2.16. The highest BCUT2D eigenvalue weighted by Crippen LogP contribution is 2.88. The minimum atomic E-state index is 0.785. The van der Waals surface area contributed by atoms with E-state index in [2.05, 4.69) is 20.8 Å². The van der Waals surface area contributed by atoms with Crippen LogP contribution in [0, 0.1) is 16.7 Å². The summed E-state index contributed by atoms with van der Waals surface area (Å²) in [6, 6.07) is 0. The second-order valence-corrected chi connectivity index (χ2v) is 3.95. The molecule has 0 bridgehead atoms. The van der Waals surface area contributed by atoms with Crippen molar-refractivity contribution in [3.05, 3.63) is 0 Å². The van der Waals surface area contributed by atoms with E-state index in [1.807, 2.05) is 0 Å². The first-order chi connectivity index (χ1) is 3.65. The average Bonchev–Trinajstić information content (AvgIpc) is 2.52. The highest BCUT2D eigenvalue weighted by molar-refractivity contribution is 5.30. The lowest BCUT2D eigenvalue weighted by atomic mass is 9.88. The fraction of sp³-hybridized carbons (Fsp3) is 1.00. The minimum absolute atomic E-state index is 0.785. The van der Waals surface area contributed by atoms with Gasteiger partial charge in [0, 0.05) is 0 Å². The van der Waals surface area contributed by atoms with Gasteiger partial charge in [0.2, 0.25) is 0 Å². The molecule has 0 aromatic rings. The van der Waals surface area contributed by atoms with Crippen LogP contribution in [0.4, 0.5) is 0 Å². The summed E-state index contributed by atoms with van der Waals surface area (Å²) in [6.45, 7) is 7.18. The summed E-state index contributed by atoms with van der Waals surface area (Å²) in [5, 5.41) is 0. The molecule has 0 nitrogen and oxygen atoms in total. The van der Waals surface area contributed by atoms with Crippen LogP contribution in [-0.2, 0) is 0 Å². The fourth-order valence-corrected chi connectivity index (χ4v) is 2.42. The molecule has 0 amide bonds. The molecular weight excluding hydrogens is 96.1 g/mol. The van der Waals surface area contributed by atoms with Crippen LogP contribution in [0.5, 0.6) is 0 Å². The van der Waals surface area contributed by atoms with Gasteiger partial charge in [0.15, 0.2) is 0 Å². The van der Waals surface area contributed by atoms with Crippen LogP contribution in [0.1, 0.15) is 33.6 Å². The molecule has 0 heterocycles. The SMILES string of the molecule is CCC1(C)C2CC21C. The summed E-state index contributed by atoms with van der Waals surface area (Å²) in [6.07, 6.45) is 2.92. The Morgan fingerprint density at radius 2 is 2.00 bits per heavy atom. The molecule has 0 N–H and O–H groups in total. The Bertz CT molecular complexity index is 139. The van der Waals surface area contributed by atoms with Gasteiger partial charge in [-0.3, -0.25) is 0 Å². The zero-order chi connectivity index (χ0) is 5.99. The van der Waals surface area contributed by atoms with Crippen molar-refractivity contribution in [2.24, 2.45) is 16.7 Å². The maximum absolute atomic E-state index is 2.43. The molecule has 8 heavy (non-hydrogen) atoms. The molecule has 2 rings (SSSR count). The number of hydrogen-bond acceptors (Lipinski definition) is 0. The van der Waals surface area contributed by atoms with Crippen molar-refractivity contribution >= 4 is 0 Å². The van der Waals surface area contributed by atoms with Gasteiger partial charge in [0.05, 0.1) is 0 Å². The molecule has 0 aliphatic heterocycles. The van der Waals surface area contributed by atoms with E-state index in [4.69, 9.17) is 0 Å². The van der Waals surface area contributed by atoms with Crippen LogP contribution in [0.3, 0.4) is 0 Å². The fourth-order valence-electron chi connectivity index (χ4n) is 2.42. The second kappa shape index (κ2) is 0.872. The predicted octanol–water partition coefficient (Wildman–Crippen LogP) is 2.44. The number of rotatable bonds is 1. The Morgan fingerprint density at radius 3 is 2.00 bits per heavy atom. The van der Waals surface area contributed by atoms with Gasteiger partial charge in [0.1, 0.15) is 0 Å². The van der Waals surface area contributed by atoms with E-state index in [0.29, 0.717) is 0 Å². The third kappa shape index (κ3) is 0.240. The molecule has 0 heteroatoms. The Labute approximate surface area is 51.3 Å². The molecule has 0 aromatic carbocycles. The summed E-state index contributed by atoms with van der Waals surface area (Å²) >= 11 is 0. The van der Waals surface area contributed by atoms with E-state index in [-0.39, 0.29) is 0 Å². The lowest BCUT2D eigenvalue weighted by molar-refractivity contribution is 0.332. The molecule has 0 radical (unpaired) electrons. The smallest absolute Gasteiger partial charge is 0.0232 e. The van der Waals surface area contributed by atoms with Gasteiger partial charge in [-0.1, -0.05) is 20.8 Å². The normalized spacial score (nSPS) is 67.1. The molecule has 3 unspecified atom stereocenters. The summed E-state index contributed by atoms with van der Waals surface area (Å²) in [4.78, 5) is 0. The van der Waals surface area contributed by atoms with Crippen molar-refractivity contribution in [3.8, 4) is 0 Å². The molecule has 0 aromatic heterocycles. The van der Waals surface area contributed by atoms with Gasteiger partial charge < -0.3 is 0 Å². The van der Waals surface area contributed by atoms with E-state index in [9.17, 15) is 0 Å². The van der Waals surface area contributed by atoms with Crippen LogP contribution in [0.15, 0.2) is 0 Å². The minimum Gasteiger partial charge on any atom is -0.0648 e. The Balaban J connectivity index is 2.15. The molecular formula is C8H14. The maximum Gasteiger partial charge on any atom is -0.0232 e. The Morgan fingerprint density at radius 1 is 1.50 bits per heavy atom. The maximum atomic E-state index is 2.43. The van der Waals surface area contributed by atoms with E-state index in [0.717, 1.165) is 16.7 Å². The molecule has 0 saturated heterocycles. The van der Waals surface area contributed by atoms with E-state index in [1.54, 1.807) is 0 Å². The largest absolute Gasteiger partial charge is 0.0648 e. The molecule has 2 fully saturated rings. The number of hydrogen-bond donors (Lipinski definition) is 0. The summed E-state index contributed by atoms with van der Waals surface area (Å²) < 4.78 is 0. The molecule has 3 atom stereocenters. The van der Waals surface area contributed by atoms with Crippen LogP contribution in [-0.4, -0.2) is 0 Å². The van der Waals surface area contributed by atoms with E-state index < -0.39 is 0 Å². The third-order valence-electron chi connectivity index (χ3n) is 3.96. The first-order valence-electron chi connectivity index (χ1n) is 3.65. The molecule has 2 saturated carbocycles. The van der Waals surface area contributed by atoms with Crippen LogP contribution < -0.4 is 0 Å². The topological polar surface area (TPSA) is 0 Å². The first kappa shape index (κ1) is 4.84. The quantitative estimate of drug-likeness (QED) is 0.486. The van der Waals surface area contributed by atoms with Crippen molar-refractivity contribution < 1.29 is 0 Å². The van der Waals surface area contributed by atoms with Gasteiger partial charge in [0.25, 0.3) is 0 Å².